The molecule has 1 aromatic rings. The van der Waals surface area contributed by atoms with Crippen molar-refractivity contribution in [2.45, 2.75) is 6.92 Å². The molecule has 1 aromatic carbocycles. The molecule has 0 aliphatic rings. The second-order valence-corrected chi connectivity index (χ2v) is 4.08. The number of carboxylic acid groups (broad SMARTS) is 1. The Kier molecular flexibility index (Phi) is 5.60. The molecule has 1 unspecified atom stereocenters. The molecule has 0 aromatic heterocycles. The molecule has 0 heterocycles. The van der Waals surface area contributed by atoms with Gasteiger partial charge in [0, 0.05) is 12.0 Å². The zero-order valence-electron chi connectivity index (χ0n) is 10.7. The van der Waals surface area contributed by atoms with E-state index in [9.17, 15) is 9.59 Å². The number of esters is 1. The average molecular weight is 264 g/mol. The van der Waals surface area contributed by atoms with Crippen molar-refractivity contribution in [2.24, 2.45) is 5.92 Å². The molecule has 5 nitrogen and oxygen atoms in total. The van der Waals surface area contributed by atoms with Crippen LogP contribution in [-0.2, 0) is 9.53 Å². The standard InChI is InChI=1S/C14H16O5/c1-3-13(15)19-9-10(2)8-18-12-6-4-5-11(7-12)14(16)17/h3-7,10H,1,8-9H2,2H3,(H,16,17). The zero-order chi connectivity index (χ0) is 14.3. The number of benzene rings is 1. The van der Waals surface area contributed by atoms with E-state index in [2.05, 4.69) is 6.58 Å². The van der Waals surface area contributed by atoms with Gasteiger partial charge in [-0.05, 0) is 18.2 Å². The van der Waals surface area contributed by atoms with Crippen LogP contribution in [0.1, 0.15) is 17.3 Å². The van der Waals surface area contributed by atoms with Gasteiger partial charge in [0.1, 0.15) is 5.75 Å². The Morgan fingerprint density at radius 2 is 2.16 bits per heavy atom. The third-order valence-electron chi connectivity index (χ3n) is 2.29. The minimum Gasteiger partial charge on any atom is -0.493 e. The molecule has 0 aliphatic heterocycles. The number of carbonyl (C=O) groups excluding carboxylic acids is 1. The van der Waals surface area contributed by atoms with Gasteiger partial charge in [-0.15, -0.1) is 0 Å². The highest BCUT2D eigenvalue weighted by Gasteiger charge is 2.08. The normalized spacial score (nSPS) is 11.4. The van der Waals surface area contributed by atoms with Crippen LogP contribution in [0.25, 0.3) is 0 Å². The SMILES string of the molecule is C=CC(=O)OCC(C)COc1cccc(C(=O)O)c1. The lowest BCUT2D eigenvalue weighted by Crippen LogP contribution is -2.17. The number of aromatic carboxylic acids is 1. The van der Waals surface area contributed by atoms with Gasteiger partial charge in [-0.3, -0.25) is 0 Å². The lowest BCUT2D eigenvalue weighted by molar-refractivity contribution is -0.139. The number of carbonyl (C=O) groups is 2. The summed E-state index contributed by atoms with van der Waals surface area (Å²) in [6.45, 7) is 5.71. The van der Waals surface area contributed by atoms with Crippen LogP contribution >= 0.6 is 0 Å². The van der Waals surface area contributed by atoms with Crippen molar-refractivity contribution in [1.29, 1.82) is 0 Å². The van der Waals surface area contributed by atoms with Crippen LogP contribution in [0.4, 0.5) is 0 Å². The van der Waals surface area contributed by atoms with Gasteiger partial charge in [-0.2, -0.15) is 0 Å². The maximum atomic E-state index is 10.9. The molecule has 0 spiro atoms. The lowest BCUT2D eigenvalue weighted by Gasteiger charge is -2.13. The topological polar surface area (TPSA) is 72.8 Å². The Labute approximate surface area is 111 Å². The minimum atomic E-state index is -1.00. The van der Waals surface area contributed by atoms with Crippen LogP contribution in [0, 0.1) is 5.92 Å². The summed E-state index contributed by atoms with van der Waals surface area (Å²) in [6, 6.07) is 6.23. The number of hydrogen-bond donors (Lipinski definition) is 1. The first-order valence-corrected chi connectivity index (χ1v) is 5.78. The van der Waals surface area contributed by atoms with E-state index < -0.39 is 11.9 Å². The molecule has 0 saturated carbocycles. The van der Waals surface area contributed by atoms with Crippen molar-refractivity contribution in [3.63, 3.8) is 0 Å². The highest BCUT2D eigenvalue weighted by Crippen LogP contribution is 2.14. The Bertz CT molecular complexity index is 467. The predicted octanol–water partition coefficient (Wildman–Crippen LogP) is 2.13. The molecule has 1 atom stereocenters. The van der Waals surface area contributed by atoms with Gasteiger partial charge in [0.2, 0.25) is 0 Å². The first-order valence-electron chi connectivity index (χ1n) is 5.78. The van der Waals surface area contributed by atoms with Crippen LogP contribution < -0.4 is 4.74 Å². The number of ether oxygens (including phenoxy) is 2. The molecule has 0 radical (unpaired) electrons. The fraction of sp³-hybridized carbons (Fsp3) is 0.286. The lowest BCUT2D eigenvalue weighted by atomic mass is 10.2. The molecule has 0 fully saturated rings. The minimum absolute atomic E-state index is 0.00242. The maximum Gasteiger partial charge on any atom is 0.335 e. The number of rotatable bonds is 7. The van der Waals surface area contributed by atoms with Gasteiger partial charge < -0.3 is 14.6 Å². The van der Waals surface area contributed by atoms with Crippen molar-refractivity contribution < 1.29 is 24.2 Å². The molecular formula is C14H16O5. The summed E-state index contributed by atoms with van der Waals surface area (Å²) in [7, 11) is 0. The van der Waals surface area contributed by atoms with Crippen LogP contribution in [0.15, 0.2) is 36.9 Å². The van der Waals surface area contributed by atoms with Crippen molar-refractivity contribution in [1.82, 2.24) is 0 Å². The molecule has 0 saturated heterocycles. The Balaban J connectivity index is 2.43. The highest BCUT2D eigenvalue weighted by molar-refractivity contribution is 5.88. The van der Waals surface area contributed by atoms with E-state index >= 15 is 0 Å². The smallest absolute Gasteiger partial charge is 0.335 e. The average Bonchev–Trinajstić information content (AvgIpc) is 2.42. The predicted molar refractivity (Wildman–Crippen MR) is 69.2 cm³/mol. The first-order chi connectivity index (χ1) is 9.02. The molecular weight excluding hydrogens is 248 g/mol. The largest absolute Gasteiger partial charge is 0.493 e. The summed E-state index contributed by atoms with van der Waals surface area (Å²) >= 11 is 0. The van der Waals surface area contributed by atoms with E-state index in [-0.39, 0.29) is 18.1 Å². The second-order valence-electron chi connectivity index (χ2n) is 4.08. The van der Waals surface area contributed by atoms with Gasteiger partial charge in [0.25, 0.3) is 0 Å². The molecule has 1 N–H and O–H groups in total. The van der Waals surface area contributed by atoms with Gasteiger partial charge in [-0.25, -0.2) is 9.59 Å². The van der Waals surface area contributed by atoms with Crippen LogP contribution in [0.2, 0.25) is 0 Å². The Morgan fingerprint density at radius 3 is 2.79 bits per heavy atom. The van der Waals surface area contributed by atoms with Gasteiger partial charge >= 0.3 is 11.9 Å². The van der Waals surface area contributed by atoms with E-state index in [1.54, 1.807) is 12.1 Å². The molecule has 5 heteroatoms. The molecule has 19 heavy (non-hydrogen) atoms. The summed E-state index contributed by atoms with van der Waals surface area (Å²) < 4.78 is 10.3. The molecule has 0 bridgehead atoms. The van der Waals surface area contributed by atoms with Crippen molar-refractivity contribution in [2.75, 3.05) is 13.2 Å². The van der Waals surface area contributed by atoms with Crippen LogP contribution in [0.3, 0.4) is 0 Å². The van der Waals surface area contributed by atoms with Gasteiger partial charge in [0.15, 0.2) is 0 Å². The van der Waals surface area contributed by atoms with Crippen molar-refractivity contribution in [3.05, 3.63) is 42.5 Å². The summed E-state index contributed by atoms with van der Waals surface area (Å²) in [6.07, 6.45) is 1.10. The molecule has 1 rings (SSSR count). The molecule has 102 valence electrons. The zero-order valence-corrected chi connectivity index (χ0v) is 10.7. The van der Waals surface area contributed by atoms with Gasteiger partial charge in [0.05, 0.1) is 18.8 Å². The number of carboxylic acids is 1. The Morgan fingerprint density at radius 1 is 1.42 bits per heavy atom. The van der Waals surface area contributed by atoms with E-state index in [0.717, 1.165) is 6.08 Å². The third-order valence-corrected chi connectivity index (χ3v) is 2.29. The maximum absolute atomic E-state index is 10.9. The fourth-order valence-corrected chi connectivity index (χ4v) is 1.29. The second kappa shape index (κ2) is 7.20. The van der Waals surface area contributed by atoms with E-state index in [1.165, 1.54) is 12.1 Å². The third kappa shape index (κ3) is 5.25. The Hall–Kier alpha value is -2.30. The first kappa shape index (κ1) is 14.8. The monoisotopic (exact) mass is 264 g/mol. The highest BCUT2D eigenvalue weighted by atomic mass is 16.5. The summed E-state index contributed by atoms with van der Waals surface area (Å²) in [5, 5.41) is 8.84. The van der Waals surface area contributed by atoms with Crippen molar-refractivity contribution in [3.8, 4) is 5.75 Å². The summed E-state index contributed by atoms with van der Waals surface area (Å²) in [5.74, 6) is -1.00. The quantitative estimate of drug-likeness (QED) is 0.603. The molecule has 0 amide bonds. The van der Waals surface area contributed by atoms with E-state index in [0.29, 0.717) is 12.4 Å². The number of hydrogen-bond acceptors (Lipinski definition) is 4. The fourth-order valence-electron chi connectivity index (χ4n) is 1.29. The van der Waals surface area contributed by atoms with Gasteiger partial charge in [-0.1, -0.05) is 19.6 Å². The van der Waals surface area contributed by atoms with Crippen LogP contribution in [0.5, 0.6) is 5.75 Å². The van der Waals surface area contributed by atoms with E-state index in [1.807, 2.05) is 6.92 Å². The van der Waals surface area contributed by atoms with Crippen molar-refractivity contribution >= 4 is 11.9 Å². The summed E-state index contributed by atoms with van der Waals surface area (Å²) in [4.78, 5) is 21.6. The summed E-state index contributed by atoms with van der Waals surface area (Å²) in [5.41, 5.74) is 0.170. The van der Waals surface area contributed by atoms with Crippen LogP contribution in [-0.4, -0.2) is 30.3 Å². The van der Waals surface area contributed by atoms with E-state index in [4.69, 9.17) is 14.6 Å². The molecule has 0 aliphatic carbocycles.